The second kappa shape index (κ2) is 8.90. The smallest absolute Gasteiger partial charge is 0.250 e. The molecule has 32 heavy (non-hydrogen) atoms. The van der Waals surface area contributed by atoms with Crippen LogP contribution in [0.1, 0.15) is 32.1 Å². The summed E-state index contributed by atoms with van der Waals surface area (Å²) in [4.78, 5) is 8.68. The molecule has 7 nitrogen and oxygen atoms in total. The lowest BCUT2D eigenvalue weighted by atomic mass is 9.77. The zero-order valence-electron chi connectivity index (χ0n) is 17.5. The van der Waals surface area contributed by atoms with Crippen molar-refractivity contribution in [3.8, 4) is 28.7 Å². The number of nitrogens with zero attached hydrogens (tertiary/aromatic N) is 4. The van der Waals surface area contributed by atoms with Gasteiger partial charge in [0.1, 0.15) is 29.4 Å². The molecule has 0 saturated heterocycles. The Morgan fingerprint density at radius 3 is 2.44 bits per heavy atom. The Kier molecular flexibility index (Phi) is 5.66. The normalized spacial score (nSPS) is 20.9. The first-order valence-corrected chi connectivity index (χ1v) is 10.8. The highest BCUT2D eigenvalue weighted by Gasteiger charge is 2.41. The molecule has 1 aromatic heterocycles. The maximum atomic E-state index is 14.4. The Bertz CT molecular complexity index is 1110. The fourth-order valence-corrected chi connectivity index (χ4v) is 4.35. The van der Waals surface area contributed by atoms with Crippen LogP contribution in [-0.4, -0.2) is 34.9 Å². The molecule has 2 aromatic carbocycles. The lowest BCUT2D eigenvalue weighted by molar-refractivity contribution is 0.0648. The first kappa shape index (κ1) is 20.4. The van der Waals surface area contributed by atoms with Crippen molar-refractivity contribution in [1.82, 2.24) is 10.2 Å². The molecule has 1 atom stereocenters. The molecule has 8 heteroatoms. The molecule has 0 amide bonds. The fraction of sp³-hybridized carbons (Fsp3) is 0.333. The molecule has 3 aromatic rings. The van der Waals surface area contributed by atoms with E-state index in [9.17, 15) is 4.39 Å². The summed E-state index contributed by atoms with van der Waals surface area (Å²) in [5.41, 5.74) is -0.283. The van der Waals surface area contributed by atoms with Crippen LogP contribution in [0, 0.1) is 11.7 Å². The number of hydrogen-bond donors (Lipinski definition) is 0. The summed E-state index contributed by atoms with van der Waals surface area (Å²) in [6.07, 6.45) is 10.6. The van der Waals surface area contributed by atoms with Crippen molar-refractivity contribution in [1.29, 1.82) is 0 Å². The van der Waals surface area contributed by atoms with Gasteiger partial charge in [-0.15, -0.1) is 10.2 Å². The predicted octanol–water partition coefficient (Wildman–Crippen LogP) is 5.48. The number of ether oxygens (including phenoxy) is 2. The summed E-state index contributed by atoms with van der Waals surface area (Å²) in [7, 11) is 0. The van der Waals surface area contributed by atoms with Crippen molar-refractivity contribution >= 4 is 12.6 Å². The van der Waals surface area contributed by atoms with Gasteiger partial charge in [-0.1, -0.05) is 19.3 Å². The van der Waals surface area contributed by atoms with E-state index in [4.69, 9.17) is 13.9 Å². The Labute approximate surface area is 185 Å². The Hall–Kier alpha value is -3.55. The van der Waals surface area contributed by atoms with E-state index >= 15 is 0 Å². The minimum absolute atomic E-state index is 0.123. The van der Waals surface area contributed by atoms with Gasteiger partial charge in [-0.3, -0.25) is 4.99 Å². The molecule has 1 aliphatic heterocycles. The van der Waals surface area contributed by atoms with E-state index in [1.165, 1.54) is 25.3 Å². The lowest BCUT2D eigenvalue weighted by Gasteiger charge is -2.39. The molecule has 164 valence electrons. The molecule has 0 N–H and O–H groups in total. The van der Waals surface area contributed by atoms with Crippen molar-refractivity contribution < 1.29 is 18.3 Å². The average Bonchev–Trinajstić information content (AvgIpc) is 3.36. The van der Waals surface area contributed by atoms with E-state index in [1.807, 2.05) is 18.3 Å². The maximum Gasteiger partial charge on any atom is 0.250 e. The van der Waals surface area contributed by atoms with Gasteiger partial charge < -0.3 is 13.9 Å². The highest BCUT2D eigenvalue weighted by molar-refractivity contribution is 5.81. The number of aliphatic imine (C=N–C) groups is 2. The van der Waals surface area contributed by atoms with Crippen molar-refractivity contribution in [3.63, 3.8) is 0 Å². The van der Waals surface area contributed by atoms with Crippen LogP contribution in [0.5, 0.6) is 17.2 Å². The van der Waals surface area contributed by atoms with Crippen LogP contribution < -0.4 is 9.47 Å². The third kappa shape index (κ3) is 4.26. The van der Waals surface area contributed by atoms with Crippen LogP contribution in [0.4, 0.5) is 4.39 Å². The molecule has 5 rings (SSSR count). The molecule has 0 bridgehead atoms. The first-order valence-electron chi connectivity index (χ1n) is 10.8. The Morgan fingerprint density at radius 2 is 1.75 bits per heavy atom. The summed E-state index contributed by atoms with van der Waals surface area (Å²) in [5, 5.41) is 7.30. The van der Waals surface area contributed by atoms with E-state index in [2.05, 4.69) is 20.2 Å². The van der Waals surface area contributed by atoms with Gasteiger partial charge in [0.2, 0.25) is 12.3 Å². The molecule has 1 aliphatic carbocycles. The minimum atomic E-state index is -0.509. The number of hydrogen-bond acceptors (Lipinski definition) is 7. The lowest BCUT2D eigenvalue weighted by Crippen LogP contribution is -2.50. The molecular formula is C24H23FN4O3. The van der Waals surface area contributed by atoms with E-state index in [0.29, 0.717) is 24.0 Å². The van der Waals surface area contributed by atoms with Gasteiger partial charge in [0.05, 0.1) is 18.3 Å². The van der Waals surface area contributed by atoms with Gasteiger partial charge in [0.25, 0.3) is 0 Å². The van der Waals surface area contributed by atoms with Crippen LogP contribution in [0.15, 0.2) is 63.3 Å². The molecule has 1 unspecified atom stereocenters. The van der Waals surface area contributed by atoms with E-state index < -0.39 is 11.4 Å². The van der Waals surface area contributed by atoms with Gasteiger partial charge in [-0.2, -0.15) is 0 Å². The summed E-state index contributed by atoms with van der Waals surface area (Å²) in [5.74, 6) is 1.69. The second-order valence-corrected chi connectivity index (χ2v) is 8.09. The minimum Gasteiger partial charge on any atom is -0.479 e. The summed E-state index contributed by atoms with van der Waals surface area (Å²) in [6, 6.07) is 11.8. The number of benzene rings is 2. The summed E-state index contributed by atoms with van der Waals surface area (Å²) < 4.78 is 31.7. The van der Waals surface area contributed by atoms with Gasteiger partial charge in [0, 0.05) is 12.0 Å². The largest absolute Gasteiger partial charge is 0.479 e. The molecule has 2 aliphatic rings. The molecule has 1 saturated carbocycles. The topological polar surface area (TPSA) is 82.1 Å². The fourth-order valence-electron chi connectivity index (χ4n) is 4.35. The van der Waals surface area contributed by atoms with Crippen LogP contribution in [0.2, 0.25) is 0 Å². The molecular weight excluding hydrogens is 411 g/mol. The van der Waals surface area contributed by atoms with E-state index in [1.54, 1.807) is 30.6 Å². The van der Waals surface area contributed by atoms with Crippen LogP contribution in [-0.2, 0) is 0 Å². The van der Waals surface area contributed by atoms with Crippen LogP contribution in [0.3, 0.4) is 0 Å². The molecule has 0 radical (unpaired) electrons. The standard InChI is InChI=1S/C24H23FN4O3/c25-22-12-20(10-11-21(22)23-29-28-16-30-23)31-18-6-8-19(9-7-18)32-24(13-26-15-27-14-24)17-4-2-1-3-5-17/h6-13,15-17H,1-5,14H2. The molecule has 0 spiro atoms. The predicted molar refractivity (Wildman–Crippen MR) is 118 cm³/mol. The van der Waals surface area contributed by atoms with Crippen molar-refractivity contribution in [2.45, 2.75) is 37.7 Å². The SMILES string of the molecule is Fc1cc(Oc2ccc(OC3(C4CCCCC4)C=NC=NC3)cc2)ccc1-c1nnco1. The van der Waals surface area contributed by atoms with E-state index in [-0.39, 0.29) is 11.5 Å². The van der Waals surface area contributed by atoms with Gasteiger partial charge in [-0.05, 0) is 49.2 Å². The van der Waals surface area contributed by atoms with Gasteiger partial charge in [0.15, 0.2) is 5.60 Å². The number of halogens is 1. The Balaban J connectivity index is 1.29. The Morgan fingerprint density at radius 1 is 0.969 bits per heavy atom. The average molecular weight is 434 g/mol. The third-order valence-electron chi connectivity index (χ3n) is 5.97. The number of aromatic nitrogens is 2. The molecule has 2 heterocycles. The second-order valence-electron chi connectivity index (χ2n) is 8.09. The molecule has 1 fully saturated rings. The maximum absolute atomic E-state index is 14.4. The first-order chi connectivity index (χ1) is 15.7. The zero-order chi connectivity index (χ0) is 21.8. The summed E-state index contributed by atoms with van der Waals surface area (Å²) >= 11 is 0. The zero-order valence-corrected chi connectivity index (χ0v) is 17.5. The monoisotopic (exact) mass is 434 g/mol. The third-order valence-corrected chi connectivity index (χ3v) is 5.97. The quantitative estimate of drug-likeness (QED) is 0.513. The van der Waals surface area contributed by atoms with Crippen molar-refractivity contribution in [2.24, 2.45) is 15.9 Å². The van der Waals surface area contributed by atoms with Gasteiger partial charge >= 0.3 is 0 Å². The highest BCUT2D eigenvalue weighted by Crippen LogP contribution is 2.37. The van der Waals surface area contributed by atoms with Crippen molar-refractivity contribution in [2.75, 3.05) is 6.54 Å². The van der Waals surface area contributed by atoms with Crippen LogP contribution in [0.25, 0.3) is 11.5 Å². The summed E-state index contributed by atoms with van der Waals surface area (Å²) in [6.45, 7) is 0.574. The van der Waals surface area contributed by atoms with E-state index in [0.717, 1.165) is 25.0 Å². The highest BCUT2D eigenvalue weighted by atomic mass is 19.1. The van der Waals surface area contributed by atoms with Gasteiger partial charge in [-0.25, -0.2) is 9.38 Å². The van der Waals surface area contributed by atoms with Crippen molar-refractivity contribution in [3.05, 3.63) is 54.7 Å². The number of rotatable bonds is 6. The van der Waals surface area contributed by atoms with Crippen LogP contribution >= 0.6 is 0 Å².